The molecule has 0 unspecified atom stereocenters. The number of ether oxygens (including phenoxy) is 2. The maximum Gasteiger partial charge on any atom is 0.246 e. The Morgan fingerprint density at radius 2 is 2.03 bits per heavy atom. The summed E-state index contributed by atoms with van der Waals surface area (Å²) in [5.41, 5.74) is 1.95. The van der Waals surface area contributed by atoms with Crippen LogP contribution in [0.25, 0.3) is 0 Å². The number of aromatic nitrogens is 2. The number of aryl methyl sites for hydroxylation is 1. The van der Waals surface area contributed by atoms with E-state index in [1.54, 1.807) is 30.0 Å². The van der Waals surface area contributed by atoms with Gasteiger partial charge in [0.05, 0.1) is 26.1 Å². The van der Waals surface area contributed by atoms with Gasteiger partial charge in [-0.05, 0) is 31.0 Å². The van der Waals surface area contributed by atoms with Gasteiger partial charge in [0.15, 0.2) is 17.5 Å². The van der Waals surface area contributed by atoms with Gasteiger partial charge in [0.1, 0.15) is 6.54 Å². The molecule has 9 heteroatoms. The van der Waals surface area contributed by atoms with Crippen molar-refractivity contribution in [3.05, 3.63) is 36.2 Å². The highest BCUT2D eigenvalue weighted by Crippen LogP contribution is 2.27. The van der Waals surface area contributed by atoms with Crippen LogP contribution < -0.4 is 19.7 Å². The van der Waals surface area contributed by atoms with E-state index in [1.165, 1.54) is 0 Å². The van der Waals surface area contributed by atoms with Crippen molar-refractivity contribution in [2.45, 2.75) is 13.3 Å². The molecule has 1 fully saturated rings. The standard InChI is InChI=1S/C21H30N6O3/c1-5-22-21(23-9-8-16-6-7-18(29-3)19(12-16)30-4)26-10-11-27(20(28)15-26)17-13-24-25(2)14-17/h6-7,12-14H,5,8-11,15H2,1-4H3,(H,22,23). The van der Waals surface area contributed by atoms with Crippen molar-refractivity contribution in [3.63, 3.8) is 0 Å². The van der Waals surface area contributed by atoms with E-state index in [9.17, 15) is 4.79 Å². The van der Waals surface area contributed by atoms with E-state index in [0.29, 0.717) is 31.1 Å². The van der Waals surface area contributed by atoms with E-state index in [1.807, 2.05) is 43.3 Å². The molecular weight excluding hydrogens is 384 g/mol. The van der Waals surface area contributed by atoms with Crippen molar-refractivity contribution >= 4 is 17.6 Å². The van der Waals surface area contributed by atoms with Crippen molar-refractivity contribution in [2.75, 3.05) is 51.8 Å². The molecule has 0 saturated carbocycles. The first-order valence-corrected chi connectivity index (χ1v) is 10.1. The molecule has 1 aliphatic heterocycles. The molecule has 3 rings (SSSR count). The Kier molecular flexibility index (Phi) is 7.16. The first-order valence-electron chi connectivity index (χ1n) is 10.1. The number of piperazine rings is 1. The zero-order chi connectivity index (χ0) is 21.5. The van der Waals surface area contributed by atoms with E-state index >= 15 is 0 Å². The second kappa shape index (κ2) is 10.00. The molecule has 1 amide bonds. The minimum Gasteiger partial charge on any atom is -0.493 e. The number of carbonyl (C=O) groups excluding carboxylic acids is 1. The summed E-state index contributed by atoms with van der Waals surface area (Å²) >= 11 is 0. The number of carbonyl (C=O) groups is 1. The monoisotopic (exact) mass is 414 g/mol. The van der Waals surface area contributed by atoms with Gasteiger partial charge in [0, 0.05) is 39.4 Å². The van der Waals surface area contributed by atoms with E-state index in [4.69, 9.17) is 14.5 Å². The zero-order valence-corrected chi connectivity index (χ0v) is 18.1. The van der Waals surface area contributed by atoms with Crippen molar-refractivity contribution in [1.82, 2.24) is 20.0 Å². The molecule has 0 atom stereocenters. The van der Waals surface area contributed by atoms with Crippen LogP contribution in [0.3, 0.4) is 0 Å². The Labute approximate surface area is 177 Å². The number of hydrogen-bond acceptors (Lipinski definition) is 5. The normalized spacial score (nSPS) is 14.8. The summed E-state index contributed by atoms with van der Waals surface area (Å²) in [5, 5.41) is 7.46. The molecule has 0 spiro atoms. The van der Waals surface area contributed by atoms with Gasteiger partial charge in [-0.1, -0.05) is 6.07 Å². The first kappa shape index (κ1) is 21.5. The highest BCUT2D eigenvalue weighted by atomic mass is 16.5. The van der Waals surface area contributed by atoms with Gasteiger partial charge in [0.2, 0.25) is 5.91 Å². The van der Waals surface area contributed by atoms with Crippen molar-refractivity contribution in [3.8, 4) is 11.5 Å². The average molecular weight is 415 g/mol. The second-order valence-corrected chi connectivity index (χ2v) is 7.01. The van der Waals surface area contributed by atoms with Gasteiger partial charge in [-0.3, -0.25) is 14.5 Å². The van der Waals surface area contributed by atoms with Gasteiger partial charge in [-0.15, -0.1) is 0 Å². The first-order chi connectivity index (χ1) is 14.5. The number of hydrogen-bond donors (Lipinski definition) is 1. The van der Waals surface area contributed by atoms with Crippen LogP contribution in [0.5, 0.6) is 11.5 Å². The molecule has 1 aliphatic rings. The Morgan fingerprint density at radius 3 is 2.67 bits per heavy atom. The maximum atomic E-state index is 12.7. The topological polar surface area (TPSA) is 84.2 Å². The fourth-order valence-electron chi connectivity index (χ4n) is 3.43. The minimum absolute atomic E-state index is 0.0414. The fourth-order valence-corrected chi connectivity index (χ4v) is 3.43. The molecular formula is C21H30N6O3. The quantitative estimate of drug-likeness (QED) is 0.543. The van der Waals surface area contributed by atoms with Crippen molar-refractivity contribution in [2.24, 2.45) is 12.0 Å². The lowest BCUT2D eigenvalue weighted by Gasteiger charge is -2.35. The largest absolute Gasteiger partial charge is 0.493 e. The smallest absolute Gasteiger partial charge is 0.246 e. The minimum atomic E-state index is 0.0414. The Hall–Kier alpha value is -3.23. The summed E-state index contributed by atoms with van der Waals surface area (Å²) in [4.78, 5) is 21.2. The van der Waals surface area contributed by atoms with Gasteiger partial charge in [-0.25, -0.2) is 0 Å². The van der Waals surface area contributed by atoms with Crippen LogP contribution in [-0.4, -0.2) is 73.5 Å². The lowest BCUT2D eigenvalue weighted by Crippen LogP contribution is -2.55. The van der Waals surface area contributed by atoms with Crippen LogP contribution in [0.4, 0.5) is 5.69 Å². The lowest BCUT2D eigenvalue weighted by atomic mass is 10.1. The van der Waals surface area contributed by atoms with Crippen LogP contribution in [0.2, 0.25) is 0 Å². The molecule has 0 bridgehead atoms. The number of aliphatic imine (C=N–C) groups is 1. The Bertz CT molecular complexity index is 895. The highest BCUT2D eigenvalue weighted by Gasteiger charge is 2.27. The third kappa shape index (κ3) is 5.03. The summed E-state index contributed by atoms with van der Waals surface area (Å²) in [6, 6.07) is 5.89. The van der Waals surface area contributed by atoms with Crippen LogP contribution >= 0.6 is 0 Å². The summed E-state index contributed by atoms with van der Waals surface area (Å²) in [6.45, 7) is 4.98. The third-order valence-corrected chi connectivity index (χ3v) is 4.97. The summed E-state index contributed by atoms with van der Waals surface area (Å²) in [5.74, 6) is 2.23. The zero-order valence-electron chi connectivity index (χ0n) is 18.1. The maximum absolute atomic E-state index is 12.7. The third-order valence-electron chi connectivity index (χ3n) is 4.97. The van der Waals surface area contributed by atoms with Gasteiger partial charge in [0.25, 0.3) is 0 Å². The summed E-state index contributed by atoms with van der Waals surface area (Å²) in [6.07, 6.45) is 4.34. The molecule has 9 nitrogen and oxygen atoms in total. The second-order valence-electron chi connectivity index (χ2n) is 7.01. The SMILES string of the molecule is CCNC(=NCCc1ccc(OC)c(OC)c1)N1CCN(c2cnn(C)c2)C(=O)C1. The average Bonchev–Trinajstić information content (AvgIpc) is 3.18. The van der Waals surface area contributed by atoms with Crippen LogP contribution in [-0.2, 0) is 18.3 Å². The van der Waals surface area contributed by atoms with E-state index in [2.05, 4.69) is 10.4 Å². The van der Waals surface area contributed by atoms with Crippen LogP contribution in [0.1, 0.15) is 12.5 Å². The number of guanidine groups is 1. The molecule has 0 radical (unpaired) electrons. The van der Waals surface area contributed by atoms with Gasteiger partial charge < -0.3 is 24.6 Å². The number of amides is 1. The number of nitrogens with zero attached hydrogens (tertiary/aromatic N) is 5. The van der Waals surface area contributed by atoms with E-state index < -0.39 is 0 Å². The molecule has 1 aromatic carbocycles. The molecule has 1 N–H and O–H groups in total. The number of methoxy groups -OCH3 is 2. The number of anilines is 1. The number of nitrogens with one attached hydrogen (secondary N) is 1. The van der Waals surface area contributed by atoms with Crippen LogP contribution in [0.15, 0.2) is 35.6 Å². The molecule has 30 heavy (non-hydrogen) atoms. The van der Waals surface area contributed by atoms with Gasteiger partial charge in [-0.2, -0.15) is 5.10 Å². The van der Waals surface area contributed by atoms with E-state index in [0.717, 1.165) is 30.2 Å². The fraction of sp³-hybridized carbons (Fsp3) is 0.476. The van der Waals surface area contributed by atoms with Crippen molar-refractivity contribution < 1.29 is 14.3 Å². The number of benzene rings is 1. The Morgan fingerprint density at radius 1 is 1.23 bits per heavy atom. The molecule has 162 valence electrons. The molecule has 2 heterocycles. The Balaban J connectivity index is 1.63. The highest BCUT2D eigenvalue weighted by molar-refractivity contribution is 5.98. The molecule has 1 aromatic heterocycles. The lowest BCUT2D eigenvalue weighted by molar-refractivity contribution is -0.120. The van der Waals surface area contributed by atoms with Crippen molar-refractivity contribution in [1.29, 1.82) is 0 Å². The predicted octanol–water partition coefficient (Wildman–Crippen LogP) is 1.29. The summed E-state index contributed by atoms with van der Waals surface area (Å²) in [7, 11) is 5.10. The summed E-state index contributed by atoms with van der Waals surface area (Å²) < 4.78 is 12.4. The predicted molar refractivity (Wildman–Crippen MR) is 116 cm³/mol. The molecule has 1 saturated heterocycles. The molecule has 2 aromatic rings. The number of rotatable bonds is 7. The van der Waals surface area contributed by atoms with E-state index in [-0.39, 0.29) is 12.5 Å². The van der Waals surface area contributed by atoms with Gasteiger partial charge >= 0.3 is 0 Å². The molecule has 0 aliphatic carbocycles. The van der Waals surface area contributed by atoms with Crippen LogP contribution in [0, 0.1) is 0 Å².